The predicted molar refractivity (Wildman–Crippen MR) is 157 cm³/mol. The summed E-state index contributed by atoms with van der Waals surface area (Å²) < 4.78 is 24.6. The van der Waals surface area contributed by atoms with Gasteiger partial charge in [-0.2, -0.15) is 5.06 Å². The van der Waals surface area contributed by atoms with Crippen LogP contribution in [0.2, 0.25) is 0 Å². The number of hydrogen-bond acceptors (Lipinski definition) is 6. The molecule has 0 bridgehead atoms. The van der Waals surface area contributed by atoms with Crippen molar-refractivity contribution in [1.29, 1.82) is 0 Å². The van der Waals surface area contributed by atoms with Crippen LogP contribution in [0.4, 0.5) is 0 Å². The summed E-state index contributed by atoms with van der Waals surface area (Å²) in [5.74, 6) is 7.14. The number of rotatable bonds is 11. The molecule has 0 saturated carbocycles. The lowest BCUT2D eigenvalue weighted by atomic mass is 10.1. The van der Waals surface area contributed by atoms with Gasteiger partial charge in [0.05, 0.1) is 45.1 Å². The summed E-state index contributed by atoms with van der Waals surface area (Å²) >= 11 is 0. The standard InChI is InChI=1S/C35H35NO5/c1-38-33-20-12-11-19-30(33)21-22-31-34(40-24-28-15-7-3-8-16-28)35(41-25-29-17-9-4-10-18-29)32(36(31)37)26-39-23-27-13-5-2-6-14-27/h2-20,31-32,34-35,37H,23-26H2,1H3/t31-,32-,34-,35-/m0/s1. The van der Waals surface area contributed by atoms with Crippen molar-refractivity contribution in [2.75, 3.05) is 13.7 Å². The molecule has 0 radical (unpaired) electrons. The number of benzene rings is 4. The van der Waals surface area contributed by atoms with E-state index in [2.05, 4.69) is 11.8 Å². The molecule has 0 amide bonds. The Kier molecular flexibility index (Phi) is 10.2. The molecule has 4 aromatic carbocycles. The molecule has 1 heterocycles. The van der Waals surface area contributed by atoms with Crippen LogP contribution in [0.25, 0.3) is 0 Å². The van der Waals surface area contributed by atoms with Crippen LogP contribution in [0.5, 0.6) is 5.75 Å². The van der Waals surface area contributed by atoms with E-state index in [0.29, 0.717) is 25.6 Å². The van der Waals surface area contributed by atoms with Gasteiger partial charge in [-0.15, -0.1) is 0 Å². The fraction of sp³-hybridized carbons (Fsp3) is 0.257. The van der Waals surface area contributed by atoms with Gasteiger partial charge in [0.25, 0.3) is 0 Å². The third-order valence-corrected chi connectivity index (χ3v) is 7.07. The van der Waals surface area contributed by atoms with Crippen molar-refractivity contribution in [3.8, 4) is 17.6 Å². The summed E-state index contributed by atoms with van der Waals surface area (Å²) in [4.78, 5) is 0. The highest BCUT2D eigenvalue weighted by Crippen LogP contribution is 2.31. The van der Waals surface area contributed by atoms with E-state index in [4.69, 9.17) is 18.9 Å². The maximum Gasteiger partial charge on any atom is 0.134 e. The summed E-state index contributed by atoms with van der Waals surface area (Å²) in [6, 6.07) is 36.3. The maximum absolute atomic E-state index is 11.5. The molecule has 1 aliphatic rings. The highest BCUT2D eigenvalue weighted by molar-refractivity contribution is 5.46. The largest absolute Gasteiger partial charge is 0.495 e. The van der Waals surface area contributed by atoms with Gasteiger partial charge in [0, 0.05) is 0 Å². The van der Waals surface area contributed by atoms with E-state index in [0.717, 1.165) is 22.3 Å². The second-order valence-electron chi connectivity index (χ2n) is 9.88. The minimum atomic E-state index is -0.658. The minimum Gasteiger partial charge on any atom is -0.495 e. The molecule has 0 spiro atoms. The number of hydroxylamine groups is 2. The van der Waals surface area contributed by atoms with E-state index in [-0.39, 0.29) is 6.61 Å². The summed E-state index contributed by atoms with van der Waals surface area (Å²) in [5.41, 5.74) is 3.85. The lowest BCUT2D eigenvalue weighted by Gasteiger charge is -2.25. The van der Waals surface area contributed by atoms with Gasteiger partial charge in [-0.25, -0.2) is 0 Å². The zero-order valence-electron chi connectivity index (χ0n) is 23.1. The molecule has 41 heavy (non-hydrogen) atoms. The molecule has 1 fully saturated rings. The SMILES string of the molecule is COc1ccccc1C#C[C@H]1[C@H](OCc2ccccc2)[C@@H](OCc2ccccc2)[C@H](COCc2ccccc2)N1O. The summed E-state index contributed by atoms with van der Waals surface area (Å²) in [6.07, 6.45) is -1.05. The van der Waals surface area contributed by atoms with Crippen LogP contribution in [0.1, 0.15) is 22.3 Å². The average Bonchev–Trinajstić information content (AvgIpc) is 3.28. The van der Waals surface area contributed by atoms with Crippen LogP contribution in [0.15, 0.2) is 115 Å². The fourth-order valence-electron chi connectivity index (χ4n) is 4.92. The van der Waals surface area contributed by atoms with Crippen molar-refractivity contribution in [3.63, 3.8) is 0 Å². The van der Waals surface area contributed by atoms with Gasteiger partial charge in [0.15, 0.2) is 0 Å². The van der Waals surface area contributed by atoms with E-state index in [1.807, 2.05) is 115 Å². The monoisotopic (exact) mass is 549 g/mol. The van der Waals surface area contributed by atoms with Crippen molar-refractivity contribution in [3.05, 3.63) is 138 Å². The van der Waals surface area contributed by atoms with Crippen molar-refractivity contribution in [2.24, 2.45) is 0 Å². The summed E-state index contributed by atoms with van der Waals surface area (Å²) in [7, 11) is 1.62. The lowest BCUT2D eigenvalue weighted by molar-refractivity contribution is -0.155. The molecule has 0 aromatic heterocycles. The number of nitrogens with zero attached hydrogens (tertiary/aromatic N) is 1. The van der Waals surface area contributed by atoms with Crippen LogP contribution in [0, 0.1) is 11.8 Å². The van der Waals surface area contributed by atoms with Crippen molar-refractivity contribution < 1.29 is 24.2 Å². The molecule has 1 aliphatic heterocycles. The molecule has 5 rings (SSSR count). The van der Waals surface area contributed by atoms with Gasteiger partial charge in [0.1, 0.15) is 24.0 Å². The Balaban J connectivity index is 1.42. The zero-order chi connectivity index (χ0) is 28.3. The van der Waals surface area contributed by atoms with E-state index in [1.165, 1.54) is 5.06 Å². The Morgan fingerprint density at radius 2 is 1.17 bits per heavy atom. The highest BCUT2D eigenvalue weighted by atomic mass is 16.6. The van der Waals surface area contributed by atoms with E-state index >= 15 is 0 Å². The van der Waals surface area contributed by atoms with Crippen LogP contribution in [-0.4, -0.2) is 48.3 Å². The molecule has 1 saturated heterocycles. The molecule has 4 atom stereocenters. The first-order valence-corrected chi connectivity index (χ1v) is 13.8. The quantitative estimate of drug-likeness (QED) is 0.236. The van der Waals surface area contributed by atoms with Gasteiger partial charge in [0.2, 0.25) is 0 Å². The molecule has 1 N–H and O–H groups in total. The molecular weight excluding hydrogens is 514 g/mol. The van der Waals surface area contributed by atoms with Crippen LogP contribution < -0.4 is 4.74 Å². The highest BCUT2D eigenvalue weighted by Gasteiger charge is 2.50. The minimum absolute atomic E-state index is 0.239. The number of para-hydroxylation sites is 1. The Labute approximate surface area is 242 Å². The Bertz CT molecular complexity index is 1400. The van der Waals surface area contributed by atoms with Gasteiger partial charge >= 0.3 is 0 Å². The number of hydrogen-bond donors (Lipinski definition) is 1. The average molecular weight is 550 g/mol. The first-order chi connectivity index (χ1) is 20.2. The van der Waals surface area contributed by atoms with Gasteiger partial charge in [-0.05, 0) is 28.8 Å². The van der Waals surface area contributed by atoms with Crippen LogP contribution >= 0.6 is 0 Å². The van der Waals surface area contributed by atoms with Crippen LogP contribution in [-0.2, 0) is 34.0 Å². The molecule has 0 aliphatic carbocycles. The first-order valence-electron chi connectivity index (χ1n) is 13.8. The predicted octanol–water partition coefficient (Wildman–Crippen LogP) is 5.88. The van der Waals surface area contributed by atoms with Crippen molar-refractivity contribution in [2.45, 2.75) is 44.1 Å². The third kappa shape index (κ3) is 7.62. The summed E-state index contributed by atoms with van der Waals surface area (Å²) in [6.45, 7) is 1.38. The molecule has 0 unspecified atom stereocenters. The normalized spacial score (nSPS) is 20.3. The molecule has 4 aromatic rings. The molecular formula is C35H35NO5. The maximum atomic E-state index is 11.5. The van der Waals surface area contributed by atoms with Gasteiger partial charge in [-0.3, -0.25) is 0 Å². The van der Waals surface area contributed by atoms with Gasteiger partial charge < -0.3 is 24.2 Å². The van der Waals surface area contributed by atoms with Crippen molar-refractivity contribution >= 4 is 0 Å². The topological polar surface area (TPSA) is 60.4 Å². The van der Waals surface area contributed by atoms with E-state index in [9.17, 15) is 5.21 Å². The second-order valence-corrected chi connectivity index (χ2v) is 9.88. The molecule has 6 heteroatoms. The van der Waals surface area contributed by atoms with E-state index < -0.39 is 24.3 Å². The Morgan fingerprint density at radius 3 is 1.76 bits per heavy atom. The second kappa shape index (κ2) is 14.6. The third-order valence-electron chi connectivity index (χ3n) is 7.07. The molecule has 210 valence electrons. The summed E-state index contributed by atoms with van der Waals surface area (Å²) in [5, 5.41) is 12.8. The van der Waals surface area contributed by atoms with E-state index in [1.54, 1.807) is 7.11 Å². The van der Waals surface area contributed by atoms with Crippen LogP contribution in [0.3, 0.4) is 0 Å². The smallest absolute Gasteiger partial charge is 0.134 e. The number of ether oxygens (including phenoxy) is 4. The van der Waals surface area contributed by atoms with Crippen molar-refractivity contribution in [1.82, 2.24) is 5.06 Å². The zero-order valence-corrected chi connectivity index (χ0v) is 23.1. The first kappa shape index (κ1) is 28.6. The Hall–Kier alpha value is -3.96. The van der Waals surface area contributed by atoms with Gasteiger partial charge in [-0.1, -0.05) is 115 Å². The fourth-order valence-corrected chi connectivity index (χ4v) is 4.92. The lowest BCUT2D eigenvalue weighted by Crippen LogP contribution is -2.40. The number of methoxy groups -OCH3 is 1. The Morgan fingerprint density at radius 1 is 0.659 bits per heavy atom. The molecule has 6 nitrogen and oxygen atoms in total.